The molecule has 0 saturated heterocycles. The van der Waals surface area contributed by atoms with E-state index in [-0.39, 0.29) is 29.9 Å². The Balaban J connectivity index is 1.74. The van der Waals surface area contributed by atoms with E-state index in [0.717, 1.165) is 21.8 Å². The summed E-state index contributed by atoms with van der Waals surface area (Å²) in [6.45, 7) is 0. The fourth-order valence-electron chi connectivity index (χ4n) is 2.82. The number of halogens is 2. The standard InChI is InChI=1S/C20H15BrClN3O2S/c21-13-6-7-17(16(22)8-13)24-19(27)11-28-20-15(10-23)14(9-18(26)25-20)12-4-2-1-3-5-12/h1-8,14H,9,11H2,(H,24,27)(H,25,26)/t14-/m0/s1. The van der Waals surface area contributed by atoms with Crippen molar-refractivity contribution in [2.24, 2.45) is 0 Å². The molecule has 8 heteroatoms. The van der Waals surface area contributed by atoms with E-state index in [2.05, 4.69) is 32.6 Å². The summed E-state index contributed by atoms with van der Waals surface area (Å²) < 4.78 is 0.811. The number of nitriles is 1. The van der Waals surface area contributed by atoms with Crippen LogP contribution in [0.3, 0.4) is 0 Å². The van der Waals surface area contributed by atoms with Crippen LogP contribution in [0.4, 0.5) is 5.69 Å². The van der Waals surface area contributed by atoms with Crippen molar-refractivity contribution in [3.63, 3.8) is 0 Å². The Hall–Kier alpha value is -2.27. The van der Waals surface area contributed by atoms with Gasteiger partial charge in [-0.25, -0.2) is 0 Å². The third kappa shape index (κ3) is 4.96. The van der Waals surface area contributed by atoms with Gasteiger partial charge in [-0.2, -0.15) is 5.26 Å². The first-order chi connectivity index (χ1) is 13.5. The van der Waals surface area contributed by atoms with Gasteiger partial charge in [0.15, 0.2) is 0 Å². The topological polar surface area (TPSA) is 82.0 Å². The number of benzene rings is 2. The summed E-state index contributed by atoms with van der Waals surface area (Å²) in [5.74, 6) is -0.734. The number of hydrogen-bond acceptors (Lipinski definition) is 4. The molecule has 142 valence electrons. The average Bonchev–Trinajstić information content (AvgIpc) is 2.68. The van der Waals surface area contributed by atoms with Crippen molar-refractivity contribution < 1.29 is 9.59 Å². The molecule has 0 spiro atoms. The zero-order chi connectivity index (χ0) is 20.1. The number of carbonyl (C=O) groups excluding carboxylic acids is 2. The number of carbonyl (C=O) groups is 2. The molecule has 0 radical (unpaired) electrons. The molecule has 2 amide bonds. The number of rotatable bonds is 5. The fourth-order valence-corrected chi connectivity index (χ4v) is 4.42. The molecule has 1 heterocycles. The van der Waals surface area contributed by atoms with Gasteiger partial charge in [-0.1, -0.05) is 69.6 Å². The molecule has 2 N–H and O–H groups in total. The van der Waals surface area contributed by atoms with Gasteiger partial charge in [0, 0.05) is 16.8 Å². The Kier molecular flexibility index (Phi) is 6.79. The van der Waals surface area contributed by atoms with E-state index in [4.69, 9.17) is 11.6 Å². The lowest BCUT2D eigenvalue weighted by atomic mass is 9.87. The van der Waals surface area contributed by atoms with Gasteiger partial charge in [-0.3, -0.25) is 9.59 Å². The largest absolute Gasteiger partial charge is 0.324 e. The third-order valence-electron chi connectivity index (χ3n) is 4.11. The number of amides is 2. The van der Waals surface area contributed by atoms with Gasteiger partial charge in [-0.15, -0.1) is 0 Å². The number of thioether (sulfide) groups is 1. The van der Waals surface area contributed by atoms with Crippen LogP contribution in [0.25, 0.3) is 0 Å². The van der Waals surface area contributed by atoms with Crippen LogP contribution in [0.15, 0.2) is 63.6 Å². The molecule has 0 bridgehead atoms. The molecule has 0 aromatic heterocycles. The highest BCUT2D eigenvalue weighted by molar-refractivity contribution is 9.10. The number of allylic oxidation sites excluding steroid dienone is 1. The first kappa shape index (κ1) is 20.5. The first-order valence-corrected chi connectivity index (χ1v) is 10.5. The summed E-state index contributed by atoms with van der Waals surface area (Å²) in [5, 5.41) is 15.9. The third-order valence-corrected chi connectivity index (χ3v) is 5.93. The fraction of sp³-hybridized carbons (Fsp3) is 0.150. The highest BCUT2D eigenvalue weighted by atomic mass is 79.9. The van der Waals surface area contributed by atoms with Gasteiger partial charge >= 0.3 is 0 Å². The van der Waals surface area contributed by atoms with Crippen LogP contribution in [-0.4, -0.2) is 17.6 Å². The lowest BCUT2D eigenvalue weighted by Crippen LogP contribution is -2.31. The van der Waals surface area contributed by atoms with Crippen molar-refractivity contribution in [3.05, 3.63) is 74.2 Å². The second-order valence-corrected chi connectivity index (χ2v) is 8.34. The summed E-state index contributed by atoms with van der Waals surface area (Å²) in [7, 11) is 0. The summed E-state index contributed by atoms with van der Waals surface area (Å²) in [4.78, 5) is 24.4. The Morgan fingerprint density at radius 2 is 2.07 bits per heavy atom. The predicted molar refractivity (Wildman–Crippen MR) is 115 cm³/mol. The molecule has 1 aliphatic rings. The van der Waals surface area contributed by atoms with E-state index in [1.54, 1.807) is 18.2 Å². The SMILES string of the molecule is N#CC1=C(SCC(=O)Nc2ccc(Br)cc2Cl)NC(=O)C[C@H]1c1ccccc1. The Morgan fingerprint density at radius 1 is 1.32 bits per heavy atom. The van der Waals surface area contributed by atoms with E-state index < -0.39 is 0 Å². The number of hydrogen-bond donors (Lipinski definition) is 2. The summed E-state index contributed by atoms with van der Waals surface area (Å²) in [5.41, 5.74) is 1.86. The predicted octanol–water partition coefficient (Wildman–Crippen LogP) is 4.81. The zero-order valence-electron chi connectivity index (χ0n) is 14.5. The van der Waals surface area contributed by atoms with E-state index in [1.165, 1.54) is 0 Å². The molecule has 28 heavy (non-hydrogen) atoms. The van der Waals surface area contributed by atoms with Gasteiger partial charge in [0.05, 0.1) is 33.1 Å². The van der Waals surface area contributed by atoms with Gasteiger partial charge in [0.1, 0.15) is 0 Å². The molecule has 1 aliphatic heterocycles. The highest BCUT2D eigenvalue weighted by Crippen LogP contribution is 2.36. The van der Waals surface area contributed by atoms with Gasteiger partial charge in [0.25, 0.3) is 0 Å². The summed E-state index contributed by atoms with van der Waals surface area (Å²) in [6, 6.07) is 16.8. The van der Waals surface area contributed by atoms with Crippen LogP contribution in [0.5, 0.6) is 0 Å². The summed E-state index contributed by atoms with van der Waals surface area (Å²) in [6.07, 6.45) is 0.206. The first-order valence-electron chi connectivity index (χ1n) is 8.34. The molecule has 0 fully saturated rings. The number of nitrogens with one attached hydrogen (secondary N) is 2. The minimum Gasteiger partial charge on any atom is -0.324 e. The molecule has 3 rings (SSSR count). The van der Waals surface area contributed by atoms with Crippen molar-refractivity contribution in [2.45, 2.75) is 12.3 Å². The second kappa shape index (κ2) is 9.28. The summed E-state index contributed by atoms with van der Waals surface area (Å²) >= 11 is 10.6. The molecule has 2 aromatic rings. The molecule has 2 aromatic carbocycles. The lowest BCUT2D eigenvalue weighted by molar-refractivity contribution is -0.121. The van der Waals surface area contributed by atoms with E-state index in [9.17, 15) is 14.9 Å². The molecule has 0 saturated carbocycles. The van der Waals surface area contributed by atoms with E-state index >= 15 is 0 Å². The maximum absolute atomic E-state index is 12.3. The minimum absolute atomic E-state index is 0.0364. The smallest absolute Gasteiger partial charge is 0.234 e. The van der Waals surface area contributed by atoms with Crippen LogP contribution < -0.4 is 10.6 Å². The van der Waals surface area contributed by atoms with Gasteiger partial charge in [0.2, 0.25) is 11.8 Å². The van der Waals surface area contributed by atoms with Gasteiger partial charge < -0.3 is 10.6 Å². The van der Waals surface area contributed by atoms with Crippen LogP contribution in [0.1, 0.15) is 17.9 Å². The van der Waals surface area contributed by atoms with Crippen LogP contribution in [0, 0.1) is 11.3 Å². The molecule has 0 aliphatic carbocycles. The Bertz CT molecular complexity index is 989. The van der Waals surface area contributed by atoms with Crippen molar-refractivity contribution in [1.82, 2.24) is 5.32 Å². The monoisotopic (exact) mass is 475 g/mol. The quantitative estimate of drug-likeness (QED) is 0.648. The number of anilines is 1. The van der Waals surface area contributed by atoms with Crippen LogP contribution >= 0.6 is 39.3 Å². The normalized spacial score (nSPS) is 16.3. The molecular weight excluding hydrogens is 462 g/mol. The van der Waals surface area contributed by atoms with E-state index in [0.29, 0.717) is 21.3 Å². The highest BCUT2D eigenvalue weighted by Gasteiger charge is 2.29. The van der Waals surface area contributed by atoms with Crippen molar-refractivity contribution >= 4 is 56.8 Å². The maximum atomic E-state index is 12.3. The van der Waals surface area contributed by atoms with Crippen LogP contribution in [0.2, 0.25) is 5.02 Å². The Morgan fingerprint density at radius 3 is 2.75 bits per heavy atom. The number of nitrogens with zero attached hydrogens (tertiary/aromatic N) is 1. The minimum atomic E-state index is -0.313. The average molecular weight is 477 g/mol. The lowest BCUT2D eigenvalue weighted by Gasteiger charge is -2.25. The molecular formula is C20H15BrClN3O2S. The second-order valence-electron chi connectivity index (χ2n) is 6.03. The van der Waals surface area contributed by atoms with Crippen molar-refractivity contribution in [1.29, 1.82) is 5.26 Å². The molecule has 0 unspecified atom stereocenters. The van der Waals surface area contributed by atoms with Crippen molar-refractivity contribution in [2.75, 3.05) is 11.1 Å². The van der Waals surface area contributed by atoms with Gasteiger partial charge in [-0.05, 0) is 23.8 Å². The van der Waals surface area contributed by atoms with Crippen LogP contribution in [-0.2, 0) is 9.59 Å². The Labute approximate surface area is 180 Å². The maximum Gasteiger partial charge on any atom is 0.234 e. The van der Waals surface area contributed by atoms with E-state index in [1.807, 2.05) is 30.3 Å². The van der Waals surface area contributed by atoms with Crippen molar-refractivity contribution in [3.8, 4) is 6.07 Å². The molecule has 1 atom stereocenters. The molecule has 5 nitrogen and oxygen atoms in total. The zero-order valence-corrected chi connectivity index (χ0v) is 17.7.